The van der Waals surface area contributed by atoms with E-state index < -0.39 is 0 Å². The summed E-state index contributed by atoms with van der Waals surface area (Å²) in [5.41, 5.74) is 2.94. The second-order valence-corrected chi connectivity index (χ2v) is 3.30. The summed E-state index contributed by atoms with van der Waals surface area (Å²) >= 11 is 0. The summed E-state index contributed by atoms with van der Waals surface area (Å²) in [5.74, 6) is 0.276. The SMILES string of the molecule is Cc1cccc(-c2[c]cccc2O)c1. The Labute approximate surface area is 83.6 Å². The van der Waals surface area contributed by atoms with Crippen LogP contribution in [0.2, 0.25) is 0 Å². The first-order chi connectivity index (χ1) is 6.77. The highest BCUT2D eigenvalue weighted by atomic mass is 16.3. The van der Waals surface area contributed by atoms with Crippen molar-refractivity contribution in [2.75, 3.05) is 0 Å². The minimum Gasteiger partial charge on any atom is -0.507 e. The number of rotatable bonds is 1. The summed E-state index contributed by atoms with van der Waals surface area (Å²) in [6.07, 6.45) is 0. The summed E-state index contributed by atoms with van der Waals surface area (Å²) in [7, 11) is 0. The largest absolute Gasteiger partial charge is 0.507 e. The van der Waals surface area contributed by atoms with E-state index in [0.29, 0.717) is 0 Å². The zero-order valence-corrected chi connectivity index (χ0v) is 7.99. The topological polar surface area (TPSA) is 20.2 Å². The summed E-state index contributed by atoms with van der Waals surface area (Å²) in [5, 5.41) is 9.62. The van der Waals surface area contributed by atoms with Crippen LogP contribution in [0.5, 0.6) is 5.75 Å². The van der Waals surface area contributed by atoms with Gasteiger partial charge in [-0.05, 0) is 24.6 Å². The Morgan fingerprint density at radius 2 is 2.00 bits per heavy atom. The molecule has 0 unspecified atom stereocenters. The highest BCUT2D eigenvalue weighted by molar-refractivity contribution is 5.69. The standard InChI is InChI=1S/C13H11O/c1-10-5-4-6-11(9-10)12-7-2-3-8-13(12)14/h2-6,8-9,14H,1H3. The third kappa shape index (κ3) is 1.62. The first-order valence-corrected chi connectivity index (χ1v) is 4.54. The molecule has 0 fully saturated rings. The van der Waals surface area contributed by atoms with Crippen LogP contribution in [0.25, 0.3) is 11.1 Å². The van der Waals surface area contributed by atoms with E-state index in [1.54, 1.807) is 18.2 Å². The van der Waals surface area contributed by atoms with Crippen LogP contribution in [-0.4, -0.2) is 5.11 Å². The molecule has 1 nitrogen and oxygen atoms in total. The molecule has 0 spiro atoms. The molecule has 14 heavy (non-hydrogen) atoms. The van der Waals surface area contributed by atoms with Crippen molar-refractivity contribution in [1.82, 2.24) is 0 Å². The van der Waals surface area contributed by atoms with Gasteiger partial charge in [-0.3, -0.25) is 0 Å². The Kier molecular flexibility index (Phi) is 2.23. The minimum atomic E-state index is 0.276. The van der Waals surface area contributed by atoms with Gasteiger partial charge in [-0.1, -0.05) is 42.0 Å². The average Bonchev–Trinajstić information content (AvgIpc) is 2.18. The van der Waals surface area contributed by atoms with Crippen LogP contribution >= 0.6 is 0 Å². The van der Waals surface area contributed by atoms with Gasteiger partial charge in [0.1, 0.15) is 5.75 Å². The van der Waals surface area contributed by atoms with Gasteiger partial charge in [0.05, 0.1) is 0 Å². The van der Waals surface area contributed by atoms with Crippen LogP contribution in [0.4, 0.5) is 0 Å². The number of hydrogen-bond donors (Lipinski definition) is 1. The van der Waals surface area contributed by atoms with Crippen LogP contribution in [-0.2, 0) is 0 Å². The highest BCUT2D eigenvalue weighted by Crippen LogP contribution is 2.28. The lowest BCUT2D eigenvalue weighted by Crippen LogP contribution is -1.80. The maximum absolute atomic E-state index is 9.62. The molecule has 0 aliphatic heterocycles. The summed E-state index contributed by atoms with van der Waals surface area (Å²) in [6.45, 7) is 2.03. The molecular formula is C13H11O. The fourth-order valence-electron chi connectivity index (χ4n) is 1.46. The van der Waals surface area contributed by atoms with E-state index in [9.17, 15) is 5.11 Å². The van der Waals surface area contributed by atoms with Gasteiger partial charge >= 0.3 is 0 Å². The van der Waals surface area contributed by atoms with Crippen molar-refractivity contribution in [2.45, 2.75) is 6.92 Å². The Bertz CT molecular complexity index is 446. The van der Waals surface area contributed by atoms with Crippen molar-refractivity contribution in [1.29, 1.82) is 0 Å². The molecule has 0 atom stereocenters. The average molecular weight is 183 g/mol. The summed E-state index contributed by atoms with van der Waals surface area (Å²) in [6, 6.07) is 16.3. The van der Waals surface area contributed by atoms with Crippen LogP contribution in [0.1, 0.15) is 5.56 Å². The maximum atomic E-state index is 9.62. The Hall–Kier alpha value is -1.76. The van der Waals surface area contributed by atoms with Gasteiger partial charge in [-0.25, -0.2) is 0 Å². The van der Waals surface area contributed by atoms with Gasteiger partial charge in [0.15, 0.2) is 0 Å². The first-order valence-electron chi connectivity index (χ1n) is 4.54. The van der Waals surface area contributed by atoms with Crippen molar-refractivity contribution in [3.8, 4) is 16.9 Å². The maximum Gasteiger partial charge on any atom is 0.124 e. The number of aromatic hydroxyl groups is 1. The number of phenols is 1. The van der Waals surface area contributed by atoms with Gasteiger partial charge in [-0.2, -0.15) is 0 Å². The van der Waals surface area contributed by atoms with Gasteiger partial charge in [0.2, 0.25) is 0 Å². The number of aryl methyl sites for hydroxylation is 1. The predicted octanol–water partition coefficient (Wildman–Crippen LogP) is 3.17. The number of hydrogen-bond acceptors (Lipinski definition) is 1. The number of benzene rings is 2. The molecule has 0 heterocycles. The number of phenolic OH excluding ortho intramolecular Hbond substituents is 1. The fourth-order valence-corrected chi connectivity index (χ4v) is 1.46. The summed E-state index contributed by atoms with van der Waals surface area (Å²) in [4.78, 5) is 0. The van der Waals surface area contributed by atoms with E-state index in [4.69, 9.17) is 0 Å². The summed E-state index contributed by atoms with van der Waals surface area (Å²) < 4.78 is 0. The highest BCUT2D eigenvalue weighted by Gasteiger charge is 2.02. The molecule has 1 radical (unpaired) electrons. The molecule has 0 amide bonds. The van der Waals surface area contributed by atoms with Crippen LogP contribution in [0.3, 0.4) is 0 Å². The van der Waals surface area contributed by atoms with Crippen molar-refractivity contribution in [3.05, 3.63) is 54.1 Å². The van der Waals surface area contributed by atoms with E-state index in [0.717, 1.165) is 11.1 Å². The van der Waals surface area contributed by atoms with E-state index in [1.165, 1.54) is 5.56 Å². The molecule has 0 aliphatic rings. The molecule has 0 aromatic heterocycles. The molecule has 0 saturated carbocycles. The van der Waals surface area contributed by atoms with Crippen molar-refractivity contribution in [2.24, 2.45) is 0 Å². The van der Waals surface area contributed by atoms with Crippen LogP contribution in [0.15, 0.2) is 42.5 Å². The lowest BCUT2D eigenvalue weighted by molar-refractivity contribution is 0.477. The van der Waals surface area contributed by atoms with E-state index in [2.05, 4.69) is 6.07 Å². The van der Waals surface area contributed by atoms with Gasteiger partial charge in [-0.15, -0.1) is 0 Å². The molecule has 0 aliphatic carbocycles. The van der Waals surface area contributed by atoms with Crippen LogP contribution < -0.4 is 0 Å². The zero-order chi connectivity index (χ0) is 9.97. The lowest BCUT2D eigenvalue weighted by atomic mass is 10.0. The predicted molar refractivity (Wildman–Crippen MR) is 57.1 cm³/mol. The fraction of sp³-hybridized carbons (Fsp3) is 0.0769. The molecule has 2 rings (SSSR count). The monoisotopic (exact) mass is 183 g/mol. The molecular weight excluding hydrogens is 172 g/mol. The molecule has 0 bridgehead atoms. The van der Waals surface area contributed by atoms with E-state index in [1.807, 2.05) is 31.2 Å². The quantitative estimate of drug-likeness (QED) is 0.720. The van der Waals surface area contributed by atoms with E-state index >= 15 is 0 Å². The lowest BCUT2D eigenvalue weighted by Gasteiger charge is -2.04. The zero-order valence-electron chi connectivity index (χ0n) is 7.99. The second-order valence-electron chi connectivity index (χ2n) is 3.30. The van der Waals surface area contributed by atoms with Crippen molar-refractivity contribution >= 4 is 0 Å². The normalized spacial score (nSPS) is 10.1. The Balaban J connectivity index is 2.55. The third-order valence-electron chi connectivity index (χ3n) is 2.14. The first kappa shape index (κ1) is 8.82. The van der Waals surface area contributed by atoms with Gasteiger partial charge in [0.25, 0.3) is 0 Å². The third-order valence-corrected chi connectivity index (χ3v) is 2.14. The molecule has 0 saturated heterocycles. The van der Waals surface area contributed by atoms with Crippen molar-refractivity contribution in [3.63, 3.8) is 0 Å². The molecule has 1 N–H and O–H groups in total. The van der Waals surface area contributed by atoms with Crippen molar-refractivity contribution < 1.29 is 5.11 Å². The van der Waals surface area contributed by atoms with E-state index in [-0.39, 0.29) is 5.75 Å². The Morgan fingerprint density at radius 1 is 1.14 bits per heavy atom. The smallest absolute Gasteiger partial charge is 0.124 e. The second kappa shape index (κ2) is 3.54. The molecule has 2 aromatic carbocycles. The molecule has 69 valence electrons. The van der Waals surface area contributed by atoms with Gasteiger partial charge in [0, 0.05) is 5.56 Å². The van der Waals surface area contributed by atoms with Crippen LogP contribution in [0, 0.1) is 13.0 Å². The van der Waals surface area contributed by atoms with Gasteiger partial charge < -0.3 is 5.11 Å². The molecule has 2 aromatic rings. The Morgan fingerprint density at radius 3 is 2.71 bits per heavy atom. The molecule has 1 heteroatoms. The minimum absolute atomic E-state index is 0.276.